The van der Waals surface area contributed by atoms with Crippen molar-refractivity contribution in [3.05, 3.63) is 0 Å². The van der Waals surface area contributed by atoms with Crippen molar-refractivity contribution >= 4 is 7.87 Å². The molecule has 4 nitrogen and oxygen atoms in total. The summed E-state index contributed by atoms with van der Waals surface area (Å²) in [6.45, 7) is 0. The largest absolute Gasteiger partial charge is 4.00 e. The van der Waals surface area contributed by atoms with Crippen LogP contribution in [0.15, 0.2) is 0 Å². The smallest absolute Gasteiger partial charge is 0.139 e. The van der Waals surface area contributed by atoms with Gasteiger partial charge in [0, 0.05) is 56.4 Å². The van der Waals surface area contributed by atoms with Crippen LogP contribution in [0.25, 0.3) is 0 Å². The molecule has 0 rings (SSSR count). The number of rotatable bonds is 4. The first-order valence-electron chi connectivity index (χ1n) is 4.38. The summed E-state index contributed by atoms with van der Waals surface area (Å²) in [6.07, 6.45) is 0. The minimum atomic E-state index is -1.45. The fourth-order valence-electron chi connectivity index (χ4n) is 2.15. The average Bonchev–Trinajstić information content (AvgIpc) is 1.82. The van der Waals surface area contributed by atoms with Gasteiger partial charge in [0.1, 0.15) is 0 Å². The van der Waals surface area contributed by atoms with Gasteiger partial charge in [0.2, 0.25) is 0 Å². The van der Waals surface area contributed by atoms with Crippen LogP contribution in [0.2, 0.25) is 0 Å². The summed E-state index contributed by atoms with van der Waals surface area (Å²) in [5.41, 5.74) is 0. The summed E-state index contributed by atoms with van der Waals surface area (Å²) in [6, 6.07) is 0. The van der Waals surface area contributed by atoms with Crippen LogP contribution in [-0.2, 0) is 25.8 Å². The topological polar surface area (TPSA) is 13.0 Å². The molecule has 0 radical (unpaired) electrons. The molecule has 0 spiro atoms. The summed E-state index contributed by atoms with van der Waals surface area (Å²) in [5.74, 6) is 0. The minimum Gasteiger partial charge on any atom is -0.139 e. The van der Waals surface area contributed by atoms with Crippen LogP contribution in [0, 0.1) is 0 Å². The molecule has 6 heteroatoms. The van der Waals surface area contributed by atoms with E-state index in [0.29, 0.717) is 0 Å². The Labute approximate surface area is 109 Å². The Kier molecular flexibility index (Phi) is 8.35. The molecule has 0 heterocycles. The van der Waals surface area contributed by atoms with Crippen LogP contribution in [0.5, 0.6) is 0 Å². The van der Waals surface area contributed by atoms with E-state index in [-0.39, 0.29) is 25.8 Å². The molecule has 0 aliphatic rings. The molecule has 0 atom stereocenters. The van der Waals surface area contributed by atoms with E-state index in [1.807, 2.05) is 0 Å². The standard InChI is InChI=1S/C8H24N4P.Hf/c1-9(2)13(10(3)4,11(5)6)12(7)8;/h1-8H3;/q+1;+4. The molecule has 0 unspecified atom stereocenters. The Morgan fingerprint density at radius 1 is 0.500 bits per heavy atom. The van der Waals surface area contributed by atoms with Crippen LogP contribution in [-0.4, -0.2) is 75.1 Å². The van der Waals surface area contributed by atoms with Crippen LogP contribution in [0.1, 0.15) is 0 Å². The molecule has 0 N–H and O–H groups in total. The summed E-state index contributed by atoms with van der Waals surface area (Å²) in [5, 5.41) is 0. The molecule has 0 saturated carbocycles. The predicted octanol–water partition coefficient (Wildman–Crippen LogP) is 0.908. The number of nitrogens with zero attached hydrogens (tertiary/aromatic N) is 4. The third kappa shape index (κ3) is 3.06. The van der Waals surface area contributed by atoms with Gasteiger partial charge in [0.05, 0.1) is 0 Å². The van der Waals surface area contributed by atoms with Crippen LogP contribution >= 0.6 is 7.87 Å². The zero-order valence-corrected chi connectivity index (χ0v) is 15.2. The Morgan fingerprint density at radius 3 is 0.643 bits per heavy atom. The van der Waals surface area contributed by atoms with E-state index < -0.39 is 7.87 Å². The number of hydrogen-bond acceptors (Lipinski definition) is 4. The molecular formula is C8H24HfN4P+5. The zero-order valence-electron chi connectivity index (χ0n) is 10.7. The fraction of sp³-hybridized carbons (Fsp3) is 1.00. The predicted molar refractivity (Wildman–Crippen MR) is 61.7 cm³/mol. The van der Waals surface area contributed by atoms with Crippen molar-refractivity contribution in [2.24, 2.45) is 0 Å². The van der Waals surface area contributed by atoms with E-state index in [1.165, 1.54) is 0 Å². The first kappa shape index (κ1) is 17.5. The Hall–Kier alpha value is 1.14. The minimum absolute atomic E-state index is 0. The maximum absolute atomic E-state index is 2.30. The third-order valence-electron chi connectivity index (χ3n) is 2.15. The van der Waals surface area contributed by atoms with Crippen LogP contribution in [0.4, 0.5) is 0 Å². The van der Waals surface area contributed by atoms with Crippen LogP contribution < -0.4 is 0 Å². The molecule has 0 fully saturated rings. The van der Waals surface area contributed by atoms with E-state index >= 15 is 0 Å². The number of hydrogen-bond donors (Lipinski definition) is 0. The van der Waals surface area contributed by atoms with Crippen molar-refractivity contribution in [3.63, 3.8) is 0 Å². The van der Waals surface area contributed by atoms with Crippen molar-refractivity contribution < 1.29 is 25.8 Å². The van der Waals surface area contributed by atoms with Gasteiger partial charge < -0.3 is 0 Å². The van der Waals surface area contributed by atoms with E-state index in [9.17, 15) is 0 Å². The van der Waals surface area contributed by atoms with Gasteiger partial charge in [-0.15, -0.1) is 18.7 Å². The van der Waals surface area contributed by atoms with Gasteiger partial charge in [-0.05, 0) is 0 Å². The molecule has 80 valence electrons. The van der Waals surface area contributed by atoms with Gasteiger partial charge in [-0.25, -0.2) is 0 Å². The van der Waals surface area contributed by atoms with Crippen LogP contribution in [0.3, 0.4) is 0 Å². The Balaban J connectivity index is 0. The molecule has 0 saturated heterocycles. The normalized spacial score (nSPS) is 12.9. The maximum atomic E-state index is 2.30. The van der Waals surface area contributed by atoms with E-state index in [2.05, 4.69) is 75.1 Å². The summed E-state index contributed by atoms with van der Waals surface area (Å²) in [4.78, 5) is 0. The van der Waals surface area contributed by atoms with Gasteiger partial charge in [-0.3, -0.25) is 0 Å². The summed E-state index contributed by atoms with van der Waals surface area (Å²) in [7, 11) is 15.6. The quantitative estimate of drug-likeness (QED) is 0.527. The second kappa shape index (κ2) is 6.66. The second-order valence-electron chi connectivity index (χ2n) is 3.93. The summed E-state index contributed by atoms with van der Waals surface area (Å²) < 4.78 is 9.19. The van der Waals surface area contributed by atoms with Crippen molar-refractivity contribution in [1.82, 2.24) is 18.7 Å². The first-order chi connectivity index (χ1) is 5.77. The molecule has 14 heavy (non-hydrogen) atoms. The van der Waals surface area contributed by atoms with Gasteiger partial charge in [0.25, 0.3) is 0 Å². The molecule has 0 aliphatic heterocycles. The molecule has 0 aromatic rings. The average molecular weight is 386 g/mol. The van der Waals surface area contributed by atoms with E-state index in [4.69, 9.17) is 0 Å². The fourth-order valence-corrected chi connectivity index (χ4v) is 6.44. The van der Waals surface area contributed by atoms with Gasteiger partial charge in [0.15, 0.2) is 0 Å². The second-order valence-corrected chi connectivity index (χ2v) is 8.20. The SMILES string of the molecule is CN(C)[P+](N(C)C)(N(C)C)N(C)C.[Hf+4]. The van der Waals surface area contributed by atoms with Crippen molar-refractivity contribution in [3.8, 4) is 0 Å². The molecule has 0 aliphatic carbocycles. The molecular weight excluding hydrogens is 362 g/mol. The molecule has 0 aromatic carbocycles. The monoisotopic (exact) mass is 387 g/mol. The third-order valence-corrected chi connectivity index (χ3v) is 6.44. The maximum Gasteiger partial charge on any atom is 4.00 e. The first-order valence-corrected chi connectivity index (χ1v) is 5.98. The molecule has 0 bridgehead atoms. The van der Waals surface area contributed by atoms with Crippen molar-refractivity contribution in [2.75, 3.05) is 56.4 Å². The van der Waals surface area contributed by atoms with Crippen molar-refractivity contribution in [2.45, 2.75) is 0 Å². The molecule has 0 amide bonds. The van der Waals surface area contributed by atoms with Gasteiger partial charge in [-0.2, -0.15) is 0 Å². The summed E-state index contributed by atoms with van der Waals surface area (Å²) >= 11 is 0. The molecule has 0 aromatic heterocycles. The Morgan fingerprint density at radius 2 is 0.643 bits per heavy atom. The van der Waals surface area contributed by atoms with E-state index in [0.717, 1.165) is 0 Å². The van der Waals surface area contributed by atoms with Gasteiger partial charge in [-0.1, -0.05) is 0 Å². The van der Waals surface area contributed by atoms with E-state index in [1.54, 1.807) is 0 Å². The van der Waals surface area contributed by atoms with Gasteiger partial charge >= 0.3 is 33.7 Å². The zero-order chi connectivity index (χ0) is 10.8. The Bertz CT molecular complexity index is 124. The van der Waals surface area contributed by atoms with Crippen molar-refractivity contribution in [1.29, 1.82) is 0 Å².